The Bertz CT molecular complexity index is 416. The van der Waals surface area contributed by atoms with Crippen molar-refractivity contribution in [1.29, 1.82) is 0 Å². The van der Waals surface area contributed by atoms with Crippen LogP contribution in [0.15, 0.2) is 12.1 Å². The summed E-state index contributed by atoms with van der Waals surface area (Å²) in [4.78, 5) is 7.43. The molecule has 1 N–H and O–H groups in total. The van der Waals surface area contributed by atoms with Crippen LogP contribution in [0.25, 0.3) is 0 Å². The van der Waals surface area contributed by atoms with Gasteiger partial charge in [0.25, 0.3) is 0 Å². The van der Waals surface area contributed by atoms with Gasteiger partial charge in [-0.25, -0.2) is 0 Å². The molecule has 1 saturated heterocycles. The summed E-state index contributed by atoms with van der Waals surface area (Å²) in [5, 5.41) is 3.40. The number of pyridine rings is 1. The van der Waals surface area contributed by atoms with E-state index in [1.165, 1.54) is 42.8 Å². The van der Waals surface area contributed by atoms with Crippen molar-refractivity contribution >= 4 is 0 Å². The molecular formula is C15H23N3. The fourth-order valence-corrected chi connectivity index (χ4v) is 3.04. The number of aromatic nitrogens is 1. The first-order valence-electron chi connectivity index (χ1n) is 7.29. The van der Waals surface area contributed by atoms with E-state index in [1.54, 1.807) is 0 Å². The summed E-state index contributed by atoms with van der Waals surface area (Å²) in [6, 6.07) is 5.29. The third kappa shape index (κ3) is 2.43. The number of rotatable bonds is 4. The Hall–Kier alpha value is -0.930. The molecule has 0 unspecified atom stereocenters. The zero-order valence-electron chi connectivity index (χ0n) is 11.3. The van der Waals surface area contributed by atoms with Crippen molar-refractivity contribution in [2.24, 2.45) is 0 Å². The highest BCUT2D eigenvalue weighted by atomic mass is 15.2. The summed E-state index contributed by atoms with van der Waals surface area (Å²) in [7, 11) is 0. The summed E-state index contributed by atoms with van der Waals surface area (Å²) in [6.45, 7) is 6.65. The third-order valence-corrected chi connectivity index (χ3v) is 4.23. The molecule has 0 saturated carbocycles. The molecule has 0 spiro atoms. The maximum atomic E-state index is 4.85. The minimum Gasteiger partial charge on any atom is -0.312 e. The number of nitrogens with one attached hydrogen (secondary N) is 1. The lowest BCUT2D eigenvalue weighted by molar-refractivity contribution is 0.0733. The summed E-state index contributed by atoms with van der Waals surface area (Å²) < 4.78 is 0. The van der Waals surface area contributed by atoms with E-state index in [-0.39, 0.29) is 0 Å². The molecule has 2 aliphatic rings. The van der Waals surface area contributed by atoms with Gasteiger partial charge >= 0.3 is 0 Å². The number of likely N-dealkylation sites (tertiary alicyclic amines) is 1. The largest absolute Gasteiger partial charge is 0.312 e. The van der Waals surface area contributed by atoms with Crippen LogP contribution in [-0.4, -0.2) is 29.0 Å². The molecule has 0 radical (unpaired) electrons. The molecular weight excluding hydrogens is 222 g/mol. The van der Waals surface area contributed by atoms with Crippen molar-refractivity contribution in [3.63, 3.8) is 0 Å². The van der Waals surface area contributed by atoms with Crippen LogP contribution in [0.2, 0.25) is 0 Å². The first kappa shape index (κ1) is 12.1. The van der Waals surface area contributed by atoms with Gasteiger partial charge in [0.2, 0.25) is 0 Å². The summed E-state index contributed by atoms with van der Waals surface area (Å²) >= 11 is 0. The van der Waals surface area contributed by atoms with E-state index in [2.05, 4.69) is 29.3 Å². The van der Waals surface area contributed by atoms with Gasteiger partial charge in [-0.2, -0.15) is 0 Å². The monoisotopic (exact) mass is 245 g/mol. The van der Waals surface area contributed by atoms with Gasteiger partial charge in [-0.1, -0.05) is 19.4 Å². The predicted octanol–water partition coefficient (Wildman–Crippen LogP) is 2.10. The van der Waals surface area contributed by atoms with Crippen molar-refractivity contribution in [2.45, 2.75) is 51.7 Å². The minimum atomic E-state index is 0.814. The number of nitrogens with zero attached hydrogens (tertiary/aromatic N) is 2. The zero-order chi connectivity index (χ0) is 12.4. The van der Waals surface area contributed by atoms with E-state index < -0.39 is 0 Å². The van der Waals surface area contributed by atoms with E-state index in [0.717, 1.165) is 32.1 Å². The molecule has 0 amide bonds. The van der Waals surface area contributed by atoms with Crippen LogP contribution in [0.1, 0.15) is 43.1 Å². The standard InChI is InChI=1S/C15H23N3/c1-2-3-14-7-9-18(14)11-13-5-4-12-10-16-8-6-15(12)17-13/h4-5,14,16H,2-3,6-11H2,1H3/t14-/m1/s1. The summed E-state index contributed by atoms with van der Waals surface area (Å²) in [6.07, 6.45) is 5.10. The van der Waals surface area contributed by atoms with Gasteiger partial charge < -0.3 is 5.32 Å². The Balaban J connectivity index is 1.66. The van der Waals surface area contributed by atoms with Crippen molar-refractivity contribution in [2.75, 3.05) is 13.1 Å². The topological polar surface area (TPSA) is 28.2 Å². The molecule has 1 aromatic heterocycles. The minimum absolute atomic E-state index is 0.814. The van der Waals surface area contributed by atoms with E-state index in [1.807, 2.05) is 0 Å². The smallest absolute Gasteiger partial charge is 0.0547 e. The lowest BCUT2D eigenvalue weighted by Crippen LogP contribution is -2.46. The third-order valence-electron chi connectivity index (χ3n) is 4.23. The van der Waals surface area contributed by atoms with Crippen LogP contribution >= 0.6 is 0 Å². The SMILES string of the molecule is CCC[C@@H]1CCN1Cc1ccc2c(n1)CCNC2. The Morgan fingerprint density at radius 3 is 3.17 bits per heavy atom. The average Bonchev–Trinajstić information content (AvgIpc) is 2.41. The molecule has 0 aromatic carbocycles. The van der Waals surface area contributed by atoms with Gasteiger partial charge in [0, 0.05) is 44.3 Å². The highest BCUT2D eigenvalue weighted by Gasteiger charge is 2.27. The van der Waals surface area contributed by atoms with Crippen LogP contribution in [0.5, 0.6) is 0 Å². The lowest BCUT2D eigenvalue weighted by Gasteiger charge is -2.41. The fourth-order valence-electron chi connectivity index (χ4n) is 3.04. The van der Waals surface area contributed by atoms with Gasteiger partial charge in [-0.05, 0) is 24.5 Å². The first-order valence-corrected chi connectivity index (χ1v) is 7.29. The number of hydrogen-bond acceptors (Lipinski definition) is 3. The predicted molar refractivity (Wildman–Crippen MR) is 73.4 cm³/mol. The van der Waals surface area contributed by atoms with Crippen LogP contribution in [0.3, 0.4) is 0 Å². The molecule has 98 valence electrons. The quantitative estimate of drug-likeness (QED) is 0.880. The molecule has 1 aromatic rings. The van der Waals surface area contributed by atoms with Crippen molar-refractivity contribution in [3.8, 4) is 0 Å². The Morgan fingerprint density at radius 1 is 1.44 bits per heavy atom. The van der Waals surface area contributed by atoms with Crippen LogP contribution in [0, 0.1) is 0 Å². The highest BCUT2D eigenvalue weighted by molar-refractivity contribution is 5.25. The second kappa shape index (κ2) is 5.37. The van der Waals surface area contributed by atoms with Crippen LogP contribution in [0.4, 0.5) is 0 Å². The molecule has 0 aliphatic carbocycles. The van der Waals surface area contributed by atoms with Crippen molar-refractivity contribution < 1.29 is 0 Å². The second-order valence-electron chi connectivity index (χ2n) is 5.54. The number of hydrogen-bond donors (Lipinski definition) is 1. The molecule has 3 rings (SSSR count). The van der Waals surface area contributed by atoms with E-state index in [4.69, 9.17) is 4.98 Å². The van der Waals surface area contributed by atoms with Crippen LogP contribution < -0.4 is 5.32 Å². The Labute approximate surface area is 110 Å². The van der Waals surface area contributed by atoms with Gasteiger partial charge in [0.15, 0.2) is 0 Å². The fraction of sp³-hybridized carbons (Fsp3) is 0.667. The molecule has 3 heteroatoms. The Kier molecular flexibility index (Phi) is 3.62. The summed E-state index contributed by atoms with van der Waals surface area (Å²) in [5.74, 6) is 0. The molecule has 1 fully saturated rings. The van der Waals surface area contributed by atoms with Crippen molar-refractivity contribution in [1.82, 2.24) is 15.2 Å². The normalized spacial score (nSPS) is 23.5. The molecule has 3 heterocycles. The highest BCUT2D eigenvalue weighted by Crippen LogP contribution is 2.24. The maximum Gasteiger partial charge on any atom is 0.0547 e. The molecule has 2 aliphatic heterocycles. The van der Waals surface area contributed by atoms with Gasteiger partial charge in [0.05, 0.1) is 5.69 Å². The molecule has 1 atom stereocenters. The Morgan fingerprint density at radius 2 is 2.39 bits per heavy atom. The van der Waals surface area contributed by atoms with E-state index >= 15 is 0 Å². The molecule has 18 heavy (non-hydrogen) atoms. The van der Waals surface area contributed by atoms with Crippen molar-refractivity contribution in [3.05, 3.63) is 29.1 Å². The summed E-state index contributed by atoms with van der Waals surface area (Å²) in [5.41, 5.74) is 3.97. The molecule has 0 bridgehead atoms. The van der Waals surface area contributed by atoms with Gasteiger partial charge in [-0.3, -0.25) is 9.88 Å². The van der Waals surface area contributed by atoms with Crippen LogP contribution in [-0.2, 0) is 19.5 Å². The second-order valence-corrected chi connectivity index (χ2v) is 5.54. The maximum absolute atomic E-state index is 4.85. The zero-order valence-corrected chi connectivity index (χ0v) is 11.3. The first-order chi connectivity index (χ1) is 8.86. The van der Waals surface area contributed by atoms with Gasteiger partial charge in [0.1, 0.15) is 0 Å². The van der Waals surface area contributed by atoms with E-state index in [0.29, 0.717) is 0 Å². The van der Waals surface area contributed by atoms with Gasteiger partial charge in [-0.15, -0.1) is 0 Å². The lowest BCUT2D eigenvalue weighted by atomic mass is 9.98. The molecule has 3 nitrogen and oxygen atoms in total. The van der Waals surface area contributed by atoms with E-state index in [9.17, 15) is 0 Å². The number of fused-ring (bicyclic) bond motifs is 1. The average molecular weight is 245 g/mol.